The van der Waals surface area contributed by atoms with Crippen LogP contribution in [-0.2, 0) is 9.59 Å². The van der Waals surface area contributed by atoms with Crippen LogP contribution in [0.4, 0.5) is 0 Å². The van der Waals surface area contributed by atoms with Crippen molar-refractivity contribution in [2.45, 2.75) is 44.6 Å². The molecule has 1 aliphatic carbocycles. The van der Waals surface area contributed by atoms with Gasteiger partial charge in [-0.25, -0.2) is 0 Å². The number of amides is 1. The van der Waals surface area contributed by atoms with Gasteiger partial charge in [0.25, 0.3) is 0 Å². The van der Waals surface area contributed by atoms with Gasteiger partial charge in [-0.15, -0.1) is 0 Å². The Morgan fingerprint density at radius 1 is 1.40 bits per heavy atom. The fraction of sp³-hybridized carbons (Fsp3) is 0.636. The summed E-state index contributed by atoms with van der Waals surface area (Å²) in [5, 5.41) is 11.6. The van der Waals surface area contributed by atoms with Crippen molar-refractivity contribution in [2.75, 3.05) is 0 Å². The SMILES string of the molecule is CC=CC(=O)NC1(CC(=O)O)CCCC1. The van der Waals surface area contributed by atoms with Gasteiger partial charge in [-0.2, -0.15) is 0 Å². The molecular formula is C11H17NO3. The Hall–Kier alpha value is -1.32. The van der Waals surface area contributed by atoms with E-state index in [1.807, 2.05) is 0 Å². The minimum absolute atomic E-state index is 0.0241. The van der Waals surface area contributed by atoms with Crippen LogP contribution in [0.5, 0.6) is 0 Å². The lowest BCUT2D eigenvalue weighted by atomic mass is 9.93. The Balaban J connectivity index is 2.64. The highest BCUT2D eigenvalue weighted by molar-refractivity contribution is 5.88. The molecule has 1 saturated carbocycles. The Kier molecular flexibility index (Phi) is 3.88. The third-order valence-electron chi connectivity index (χ3n) is 2.76. The van der Waals surface area contributed by atoms with Crippen LogP contribution in [0.25, 0.3) is 0 Å². The molecule has 0 aromatic heterocycles. The van der Waals surface area contributed by atoms with Crippen LogP contribution >= 0.6 is 0 Å². The average molecular weight is 211 g/mol. The highest BCUT2D eigenvalue weighted by Gasteiger charge is 2.36. The number of rotatable bonds is 4. The maximum atomic E-state index is 11.4. The number of aliphatic carboxylic acids is 1. The Morgan fingerprint density at radius 3 is 2.47 bits per heavy atom. The average Bonchev–Trinajstić information content (AvgIpc) is 2.51. The van der Waals surface area contributed by atoms with Gasteiger partial charge in [0.2, 0.25) is 5.91 Å². The molecule has 0 saturated heterocycles. The van der Waals surface area contributed by atoms with Crippen LogP contribution in [-0.4, -0.2) is 22.5 Å². The van der Waals surface area contributed by atoms with Crippen molar-refractivity contribution in [3.8, 4) is 0 Å². The number of hydrogen-bond donors (Lipinski definition) is 2. The predicted octanol–water partition coefficient (Wildman–Crippen LogP) is 1.47. The smallest absolute Gasteiger partial charge is 0.305 e. The molecule has 4 heteroatoms. The lowest BCUT2D eigenvalue weighted by molar-refractivity contribution is -0.139. The van der Waals surface area contributed by atoms with Gasteiger partial charge in [0.05, 0.1) is 12.0 Å². The highest BCUT2D eigenvalue weighted by atomic mass is 16.4. The van der Waals surface area contributed by atoms with E-state index in [-0.39, 0.29) is 12.3 Å². The van der Waals surface area contributed by atoms with Crippen molar-refractivity contribution in [1.82, 2.24) is 5.32 Å². The van der Waals surface area contributed by atoms with Gasteiger partial charge < -0.3 is 10.4 Å². The third-order valence-corrected chi connectivity index (χ3v) is 2.76. The van der Waals surface area contributed by atoms with Crippen molar-refractivity contribution in [3.05, 3.63) is 12.2 Å². The minimum Gasteiger partial charge on any atom is -0.481 e. The number of carboxylic acid groups (broad SMARTS) is 1. The van der Waals surface area contributed by atoms with E-state index in [0.717, 1.165) is 25.7 Å². The van der Waals surface area contributed by atoms with Crippen LogP contribution in [0.1, 0.15) is 39.0 Å². The molecule has 1 amide bonds. The van der Waals surface area contributed by atoms with Crippen LogP contribution < -0.4 is 5.32 Å². The summed E-state index contributed by atoms with van der Waals surface area (Å²) in [7, 11) is 0. The molecule has 1 fully saturated rings. The van der Waals surface area contributed by atoms with E-state index < -0.39 is 11.5 Å². The summed E-state index contributed by atoms with van der Waals surface area (Å²) in [6.45, 7) is 1.76. The lowest BCUT2D eigenvalue weighted by Gasteiger charge is -2.27. The molecule has 84 valence electrons. The molecule has 0 atom stereocenters. The quantitative estimate of drug-likeness (QED) is 0.692. The van der Waals surface area contributed by atoms with Gasteiger partial charge in [0.1, 0.15) is 0 Å². The van der Waals surface area contributed by atoms with E-state index in [9.17, 15) is 9.59 Å². The molecule has 0 radical (unpaired) electrons. The summed E-state index contributed by atoms with van der Waals surface area (Å²) in [4.78, 5) is 22.1. The molecule has 4 nitrogen and oxygen atoms in total. The monoisotopic (exact) mass is 211 g/mol. The molecule has 0 spiro atoms. The molecule has 0 aliphatic heterocycles. The second-order valence-corrected chi connectivity index (χ2v) is 4.05. The van der Waals surface area contributed by atoms with Gasteiger partial charge in [-0.3, -0.25) is 9.59 Å². The van der Waals surface area contributed by atoms with Gasteiger partial charge in [-0.1, -0.05) is 18.9 Å². The molecule has 0 aromatic rings. The van der Waals surface area contributed by atoms with E-state index in [2.05, 4.69) is 5.32 Å². The largest absolute Gasteiger partial charge is 0.481 e. The summed E-state index contributed by atoms with van der Waals surface area (Å²) in [5.41, 5.74) is -0.511. The molecule has 2 N–H and O–H groups in total. The van der Waals surface area contributed by atoms with Crippen LogP contribution in [0.2, 0.25) is 0 Å². The van der Waals surface area contributed by atoms with E-state index in [4.69, 9.17) is 5.11 Å². The van der Waals surface area contributed by atoms with Crippen LogP contribution in [0, 0.1) is 0 Å². The van der Waals surface area contributed by atoms with Crippen molar-refractivity contribution in [3.63, 3.8) is 0 Å². The van der Waals surface area contributed by atoms with E-state index in [1.165, 1.54) is 6.08 Å². The fourth-order valence-corrected chi connectivity index (χ4v) is 2.14. The Labute approximate surface area is 89.4 Å². The zero-order valence-corrected chi connectivity index (χ0v) is 8.95. The van der Waals surface area contributed by atoms with Gasteiger partial charge in [-0.05, 0) is 25.8 Å². The molecule has 15 heavy (non-hydrogen) atoms. The zero-order valence-electron chi connectivity index (χ0n) is 8.95. The first-order valence-corrected chi connectivity index (χ1v) is 5.25. The van der Waals surface area contributed by atoms with Crippen LogP contribution in [0.15, 0.2) is 12.2 Å². The van der Waals surface area contributed by atoms with Crippen molar-refractivity contribution < 1.29 is 14.7 Å². The highest BCUT2D eigenvalue weighted by Crippen LogP contribution is 2.32. The molecule has 0 aromatic carbocycles. The Morgan fingerprint density at radius 2 is 2.00 bits per heavy atom. The first-order chi connectivity index (χ1) is 7.08. The first-order valence-electron chi connectivity index (χ1n) is 5.25. The zero-order chi connectivity index (χ0) is 11.3. The van der Waals surface area contributed by atoms with E-state index >= 15 is 0 Å². The normalized spacial score (nSPS) is 19.3. The number of hydrogen-bond acceptors (Lipinski definition) is 2. The number of carbonyl (C=O) groups excluding carboxylic acids is 1. The molecule has 0 heterocycles. The molecule has 0 bridgehead atoms. The lowest BCUT2D eigenvalue weighted by Crippen LogP contribution is -2.47. The van der Waals surface area contributed by atoms with Crippen molar-refractivity contribution >= 4 is 11.9 Å². The maximum absolute atomic E-state index is 11.4. The molecule has 0 unspecified atom stereocenters. The van der Waals surface area contributed by atoms with Gasteiger partial charge >= 0.3 is 5.97 Å². The number of carboxylic acids is 1. The second-order valence-electron chi connectivity index (χ2n) is 4.05. The van der Waals surface area contributed by atoms with Crippen LogP contribution in [0.3, 0.4) is 0 Å². The van der Waals surface area contributed by atoms with Gasteiger partial charge in [0, 0.05) is 0 Å². The van der Waals surface area contributed by atoms with Crippen molar-refractivity contribution in [2.24, 2.45) is 0 Å². The molecule has 1 rings (SSSR count). The summed E-state index contributed by atoms with van der Waals surface area (Å²) in [6.07, 6.45) is 6.62. The Bertz CT molecular complexity index is 278. The summed E-state index contributed by atoms with van der Waals surface area (Å²) < 4.78 is 0. The number of nitrogens with one attached hydrogen (secondary N) is 1. The summed E-state index contributed by atoms with van der Waals surface area (Å²) in [5.74, 6) is -1.04. The minimum atomic E-state index is -0.849. The van der Waals surface area contributed by atoms with E-state index in [1.54, 1.807) is 13.0 Å². The molecular weight excluding hydrogens is 194 g/mol. The fourth-order valence-electron chi connectivity index (χ4n) is 2.14. The number of carbonyl (C=O) groups is 2. The first kappa shape index (κ1) is 11.8. The van der Waals surface area contributed by atoms with E-state index in [0.29, 0.717) is 0 Å². The predicted molar refractivity (Wildman–Crippen MR) is 56.4 cm³/mol. The molecule has 1 aliphatic rings. The third kappa shape index (κ3) is 3.38. The van der Waals surface area contributed by atoms with Gasteiger partial charge in [0.15, 0.2) is 0 Å². The van der Waals surface area contributed by atoms with Crippen molar-refractivity contribution in [1.29, 1.82) is 0 Å². The number of allylic oxidation sites excluding steroid dienone is 1. The standard InChI is InChI=1S/C11H17NO3/c1-2-5-9(13)12-11(8-10(14)15)6-3-4-7-11/h2,5H,3-4,6-8H2,1H3,(H,12,13)(H,14,15). The second kappa shape index (κ2) is 4.96. The summed E-state index contributed by atoms with van der Waals surface area (Å²) >= 11 is 0. The maximum Gasteiger partial charge on any atom is 0.305 e. The summed E-state index contributed by atoms with van der Waals surface area (Å²) in [6, 6.07) is 0. The topological polar surface area (TPSA) is 66.4 Å².